The van der Waals surface area contributed by atoms with Crippen molar-refractivity contribution in [3.8, 4) is 17.2 Å². The lowest BCUT2D eigenvalue weighted by atomic mass is 9.53. The Hall–Kier alpha value is -2.86. The van der Waals surface area contributed by atoms with Gasteiger partial charge in [-0.1, -0.05) is 17.7 Å². The third-order valence-corrected chi connectivity index (χ3v) is 7.56. The molecule has 0 amide bonds. The summed E-state index contributed by atoms with van der Waals surface area (Å²) in [5, 5.41) is 10.8. The van der Waals surface area contributed by atoms with Crippen LogP contribution in [0, 0.1) is 11.8 Å². The van der Waals surface area contributed by atoms with Gasteiger partial charge >= 0.3 is 0 Å². The second-order valence-corrected chi connectivity index (χ2v) is 10.3. The minimum atomic E-state index is -1.24. The highest BCUT2D eigenvalue weighted by Crippen LogP contribution is 2.64. The molecule has 1 unspecified atom stereocenters. The molecule has 1 saturated heterocycles. The summed E-state index contributed by atoms with van der Waals surface area (Å²) in [5.74, 6) is -0.250. The Morgan fingerprint density at radius 2 is 2.03 bits per heavy atom. The van der Waals surface area contributed by atoms with E-state index in [0.29, 0.717) is 36.3 Å². The summed E-state index contributed by atoms with van der Waals surface area (Å²) in [7, 11) is 0. The van der Waals surface area contributed by atoms with Crippen molar-refractivity contribution >= 4 is 17.6 Å². The second-order valence-electron chi connectivity index (χ2n) is 10.3. The Labute approximate surface area is 186 Å². The molecule has 1 aromatic carbocycles. The number of hydrogen-bond acceptors (Lipinski definition) is 6. The van der Waals surface area contributed by atoms with Crippen molar-refractivity contribution in [3.05, 3.63) is 46.6 Å². The van der Waals surface area contributed by atoms with E-state index < -0.39 is 16.8 Å². The van der Waals surface area contributed by atoms with Crippen LogP contribution in [-0.4, -0.2) is 40.1 Å². The topological polar surface area (TPSA) is 82.1 Å². The quantitative estimate of drug-likeness (QED) is 0.704. The monoisotopic (exact) mass is 434 g/mol. The van der Waals surface area contributed by atoms with E-state index in [9.17, 15) is 14.7 Å². The molecule has 3 aliphatic heterocycles. The predicted molar refractivity (Wildman–Crippen MR) is 117 cm³/mol. The standard InChI is InChI=1S/C26H26O6/c1-13(2)5-8-25-23(29)14-9-15(12-30-25)26(25)17(10-14)21(28)20-18(27)11-19-16(22(20)32-26)6-7-24(3,4)31-19/h5-7,10-11,14-15,27H,8-9,12H2,1-4H3/t14-,15-,25?,26-/m0/s1. The molecule has 166 valence electrons. The number of aromatic hydroxyl groups is 1. The highest BCUT2D eigenvalue weighted by molar-refractivity contribution is 6.18. The van der Waals surface area contributed by atoms with Gasteiger partial charge in [-0.2, -0.15) is 0 Å². The lowest BCUT2D eigenvalue weighted by molar-refractivity contribution is -0.165. The fraction of sp³-hybridized carbons (Fsp3) is 0.462. The number of Topliss-reactive ketones (excluding diaryl/α,β-unsaturated/α-hetero) is 2. The Bertz CT molecular complexity index is 1200. The van der Waals surface area contributed by atoms with E-state index in [2.05, 4.69) is 0 Å². The summed E-state index contributed by atoms with van der Waals surface area (Å²) in [5.41, 5.74) is -0.744. The Morgan fingerprint density at radius 3 is 2.78 bits per heavy atom. The number of carbonyl (C=O) groups is 2. The van der Waals surface area contributed by atoms with Gasteiger partial charge in [-0.3, -0.25) is 9.59 Å². The van der Waals surface area contributed by atoms with Gasteiger partial charge in [0.2, 0.25) is 0 Å². The average molecular weight is 434 g/mol. The molecule has 6 heteroatoms. The van der Waals surface area contributed by atoms with E-state index in [4.69, 9.17) is 14.2 Å². The number of ether oxygens (including phenoxy) is 3. The Balaban J connectivity index is 1.61. The molecular weight excluding hydrogens is 408 g/mol. The third-order valence-electron chi connectivity index (χ3n) is 7.56. The normalized spacial score (nSPS) is 34.7. The van der Waals surface area contributed by atoms with Crippen LogP contribution in [0.5, 0.6) is 17.2 Å². The van der Waals surface area contributed by atoms with Gasteiger partial charge in [-0.15, -0.1) is 0 Å². The maximum absolute atomic E-state index is 13.8. The van der Waals surface area contributed by atoms with Crippen molar-refractivity contribution in [3.63, 3.8) is 0 Å². The summed E-state index contributed by atoms with van der Waals surface area (Å²) in [4.78, 5) is 27.4. The van der Waals surface area contributed by atoms with Crippen LogP contribution in [0.2, 0.25) is 0 Å². The van der Waals surface area contributed by atoms with Gasteiger partial charge in [-0.25, -0.2) is 0 Å². The van der Waals surface area contributed by atoms with Crippen LogP contribution >= 0.6 is 0 Å². The molecule has 32 heavy (non-hydrogen) atoms. The van der Waals surface area contributed by atoms with Gasteiger partial charge in [0.25, 0.3) is 0 Å². The summed E-state index contributed by atoms with van der Waals surface area (Å²) in [6.45, 7) is 8.14. The molecule has 1 aromatic rings. The first-order valence-corrected chi connectivity index (χ1v) is 11.2. The van der Waals surface area contributed by atoms with E-state index in [1.165, 1.54) is 6.07 Å². The van der Waals surface area contributed by atoms with Crippen LogP contribution in [0.3, 0.4) is 0 Å². The minimum absolute atomic E-state index is 0.0225. The van der Waals surface area contributed by atoms with E-state index in [1.54, 1.807) is 6.08 Å². The number of allylic oxidation sites excluding steroid dienone is 2. The first-order valence-electron chi connectivity index (χ1n) is 11.2. The first-order chi connectivity index (χ1) is 15.1. The number of phenols is 1. The summed E-state index contributed by atoms with van der Waals surface area (Å²) >= 11 is 0. The number of fused-ring (bicyclic) bond motifs is 3. The summed E-state index contributed by atoms with van der Waals surface area (Å²) < 4.78 is 19.1. The zero-order chi connectivity index (χ0) is 22.6. The molecule has 6 nitrogen and oxygen atoms in total. The molecule has 1 saturated carbocycles. The van der Waals surface area contributed by atoms with Gasteiger partial charge < -0.3 is 19.3 Å². The van der Waals surface area contributed by atoms with E-state index >= 15 is 0 Å². The lowest BCUT2D eigenvalue weighted by Crippen LogP contribution is -2.71. The van der Waals surface area contributed by atoms with E-state index in [1.807, 2.05) is 45.9 Å². The zero-order valence-corrected chi connectivity index (χ0v) is 18.7. The molecule has 4 bridgehead atoms. The number of carbonyl (C=O) groups excluding carboxylic acids is 2. The van der Waals surface area contributed by atoms with Crippen molar-refractivity contribution in [2.24, 2.45) is 11.8 Å². The highest BCUT2D eigenvalue weighted by Gasteiger charge is 2.77. The van der Waals surface area contributed by atoms with Gasteiger partial charge in [0.05, 0.1) is 12.2 Å². The molecule has 1 spiro atoms. The summed E-state index contributed by atoms with van der Waals surface area (Å²) in [6, 6.07) is 1.48. The van der Waals surface area contributed by atoms with Crippen LogP contribution in [0.15, 0.2) is 35.4 Å². The number of ketones is 2. The molecule has 2 fully saturated rings. The van der Waals surface area contributed by atoms with Crippen LogP contribution in [-0.2, 0) is 9.53 Å². The molecule has 4 atom stereocenters. The molecule has 0 aromatic heterocycles. The van der Waals surface area contributed by atoms with Crippen molar-refractivity contribution in [2.75, 3.05) is 6.61 Å². The van der Waals surface area contributed by atoms with Crippen LogP contribution in [0.1, 0.15) is 56.5 Å². The van der Waals surface area contributed by atoms with Crippen molar-refractivity contribution in [1.82, 2.24) is 0 Å². The van der Waals surface area contributed by atoms with Gasteiger partial charge in [-0.05, 0) is 46.3 Å². The first kappa shape index (κ1) is 19.8. The minimum Gasteiger partial charge on any atom is -0.507 e. The maximum atomic E-state index is 13.8. The third kappa shape index (κ3) is 2.18. The molecule has 7 rings (SSSR count). The lowest BCUT2D eigenvalue weighted by Gasteiger charge is -2.56. The number of phenolic OH excluding ortho intramolecular Hbond substituents is 1. The van der Waals surface area contributed by atoms with Crippen molar-refractivity contribution < 1.29 is 28.9 Å². The largest absolute Gasteiger partial charge is 0.507 e. The van der Waals surface area contributed by atoms with Crippen LogP contribution in [0.25, 0.3) is 6.08 Å². The predicted octanol–water partition coefficient (Wildman–Crippen LogP) is 4.16. The van der Waals surface area contributed by atoms with E-state index in [-0.39, 0.29) is 40.5 Å². The molecule has 3 aliphatic carbocycles. The smallest absolute Gasteiger partial charge is 0.200 e. The second kappa shape index (κ2) is 5.93. The highest BCUT2D eigenvalue weighted by atomic mass is 16.6. The van der Waals surface area contributed by atoms with E-state index in [0.717, 1.165) is 5.57 Å². The number of hydrogen-bond donors (Lipinski definition) is 1. The summed E-state index contributed by atoms with van der Waals surface area (Å²) in [6.07, 6.45) is 8.46. The van der Waals surface area contributed by atoms with Crippen LogP contribution in [0.4, 0.5) is 0 Å². The fourth-order valence-electron chi connectivity index (χ4n) is 6.13. The van der Waals surface area contributed by atoms with Crippen molar-refractivity contribution in [2.45, 2.75) is 57.3 Å². The number of rotatable bonds is 2. The molecular formula is C26H26O6. The van der Waals surface area contributed by atoms with Gasteiger partial charge in [0.15, 0.2) is 22.8 Å². The molecule has 1 N–H and O–H groups in total. The SMILES string of the molecule is CC(C)=CCC12OC[C@@H]3C[C@@H](C=C4C(=O)c5c(O)cc6c(c5O[C@]431)C=CC(C)(C)O6)C2=O. The molecule has 0 radical (unpaired) electrons. The van der Waals surface area contributed by atoms with Gasteiger partial charge in [0, 0.05) is 29.9 Å². The number of benzene rings is 1. The van der Waals surface area contributed by atoms with Crippen LogP contribution < -0.4 is 9.47 Å². The maximum Gasteiger partial charge on any atom is 0.200 e. The molecule has 3 heterocycles. The fourth-order valence-corrected chi connectivity index (χ4v) is 6.13. The van der Waals surface area contributed by atoms with Crippen molar-refractivity contribution in [1.29, 1.82) is 0 Å². The average Bonchev–Trinajstić information content (AvgIpc) is 2.97. The zero-order valence-electron chi connectivity index (χ0n) is 18.7. The Morgan fingerprint density at radius 1 is 1.25 bits per heavy atom. The Kier molecular flexibility index (Phi) is 3.67. The molecule has 6 aliphatic rings. The van der Waals surface area contributed by atoms with Gasteiger partial charge in [0.1, 0.15) is 28.4 Å².